The van der Waals surface area contributed by atoms with Crippen LogP contribution < -0.4 is 5.73 Å². The van der Waals surface area contributed by atoms with E-state index in [1.54, 1.807) is 0 Å². The summed E-state index contributed by atoms with van der Waals surface area (Å²) in [6, 6.07) is 25.1. The Morgan fingerprint density at radius 1 is 0.667 bits per heavy atom. The Labute approximate surface area is 197 Å². The smallest absolute Gasteiger partial charge is 0.0704 e. The van der Waals surface area contributed by atoms with E-state index in [9.17, 15) is 0 Å². The third kappa shape index (κ3) is 6.47. The van der Waals surface area contributed by atoms with Crippen molar-refractivity contribution in [3.05, 3.63) is 119 Å². The highest BCUT2D eigenvalue weighted by molar-refractivity contribution is 5.84. The van der Waals surface area contributed by atoms with Crippen molar-refractivity contribution in [3.8, 4) is 0 Å². The normalized spacial score (nSPS) is 10.2. The van der Waals surface area contributed by atoms with Gasteiger partial charge in [0.15, 0.2) is 0 Å². The molecule has 3 aromatic carbocycles. The summed E-state index contributed by atoms with van der Waals surface area (Å²) in [6.07, 6.45) is 3.67. The highest BCUT2D eigenvalue weighted by Crippen LogP contribution is 2.17. The minimum Gasteiger partial charge on any atom is -0.326 e. The highest BCUT2D eigenvalue weighted by Gasteiger charge is 1.96. The molecule has 0 aliphatic rings. The maximum Gasteiger partial charge on any atom is 0.0704 e. The minimum atomic E-state index is 0.615. The van der Waals surface area contributed by atoms with E-state index >= 15 is 0 Å². The van der Waals surface area contributed by atoms with Gasteiger partial charge in [-0.25, -0.2) is 0 Å². The average molecular weight is 436 g/mol. The summed E-state index contributed by atoms with van der Waals surface area (Å²) in [5.41, 5.74) is 14.2. The Bertz CT molecular complexity index is 1330. The van der Waals surface area contributed by atoms with Crippen LogP contribution in [0.5, 0.6) is 0 Å². The molecule has 2 aromatic heterocycles. The lowest BCUT2D eigenvalue weighted by Crippen LogP contribution is -1.95. The molecule has 0 bridgehead atoms. The predicted molar refractivity (Wildman–Crippen MR) is 142 cm³/mol. The summed E-state index contributed by atoms with van der Waals surface area (Å²) in [6.45, 7) is 11.0. The van der Waals surface area contributed by atoms with Crippen LogP contribution in [-0.4, -0.2) is 9.97 Å². The molecule has 3 heteroatoms. The van der Waals surface area contributed by atoms with Gasteiger partial charge in [-0.3, -0.25) is 9.97 Å². The van der Waals surface area contributed by atoms with Gasteiger partial charge in [0.1, 0.15) is 0 Å². The molecule has 2 N–H and O–H groups in total. The standard InChI is InChI=1S/C12H13N.C10H9N.C8H11N/c1-9-2-4-11-5-3-10(8-13)7-12(11)6-9;1-8-4-2-6-10-9(8)5-3-7-11-10;1-6-4-5-9-8(3)7(6)2/h2-7H,8,13H2,1H3;2-7H,1H3;4-5H,1-3H3. The third-order valence-corrected chi connectivity index (χ3v) is 5.89. The van der Waals surface area contributed by atoms with Gasteiger partial charge in [-0.15, -0.1) is 0 Å². The molecule has 5 aromatic rings. The molecule has 0 saturated heterocycles. The molecule has 0 spiro atoms. The van der Waals surface area contributed by atoms with Gasteiger partial charge in [0.2, 0.25) is 0 Å². The molecule has 3 nitrogen and oxygen atoms in total. The van der Waals surface area contributed by atoms with Gasteiger partial charge in [-0.1, -0.05) is 54.1 Å². The average Bonchev–Trinajstić information content (AvgIpc) is 2.83. The first-order chi connectivity index (χ1) is 15.9. The molecule has 2 heterocycles. The van der Waals surface area contributed by atoms with Crippen molar-refractivity contribution in [2.24, 2.45) is 5.73 Å². The molecule has 0 aliphatic heterocycles. The van der Waals surface area contributed by atoms with Crippen molar-refractivity contribution in [1.82, 2.24) is 9.97 Å². The van der Waals surface area contributed by atoms with Crippen molar-refractivity contribution in [1.29, 1.82) is 0 Å². The van der Waals surface area contributed by atoms with Crippen molar-refractivity contribution in [3.63, 3.8) is 0 Å². The number of pyridine rings is 2. The van der Waals surface area contributed by atoms with Crippen molar-refractivity contribution in [2.45, 2.75) is 41.2 Å². The first-order valence-electron chi connectivity index (χ1n) is 11.3. The van der Waals surface area contributed by atoms with Gasteiger partial charge in [0.25, 0.3) is 0 Å². The number of aryl methyl sites for hydroxylation is 4. The number of aromatic nitrogens is 2. The fourth-order valence-electron chi connectivity index (χ4n) is 3.57. The largest absolute Gasteiger partial charge is 0.326 e. The van der Waals surface area contributed by atoms with E-state index in [2.05, 4.69) is 86.2 Å². The summed E-state index contributed by atoms with van der Waals surface area (Å²) in [5, 5.41) is 3.81. The van der Waals surface area contributed by atoms with Crippen molar-refractivity contribution >= 4 is 21.7 Å². The fraction of sp³-hybridized carbons (Fsp3) is 0.200. The second-order valence-corrected chi connectivity index (χ2v) is 8.37. The van der Waals surface area contributed by atoms with Crippen molar-refractivity contribution < 1.29 is 0 Å². The molecule has 0 aliphatic carbocycles. The van der Waals surface area contributed by atoms with Crippen LogP contribution in [0.2, 0.25) is 0 Å². The number of rotatable bonds is 1. The van der Waals surface area contributed by atoms with E-state index < -0.39 is 0 Å². The maximum atomic E-state index is 5.58. The molecular formula is C30H33N3. The molecule has 0 unspecified atom stereocenters. The summed E-state index contributed by atoms with van der Waals surface area (Å²) < 4.78 is 0. The van der Waals surface area contributed by atoms with Crippen LogP contribution in [0.15, 0.2) is 85.2 Å². The van der Waals surface area contributed by atoms with Crippen LogP contribution in [-0.2, 0) is 6.54 Å². The number of nitrogens with two attached hydrogens (primary N) is 1. The van der Waals surface area contributed by atoms with E-state index in [4.69, 9.17) is 5.73 Å². The number of hydrogen-bond acceptors (Lipinski definition) is 3. The van der Waals surface area contributed by atoms with E-state index in [1.807, 2.05) is 43.6 Å². The molecule has 33 heavy (non-hydrogen) atoms. The highest BCUT2D eigenvalue weighted by atomic mass is 14.7. The predicted octanol–water partition coefficient (Wildman–Crippen LogP) is 7.16. The maximum absolute atomic E-state index is 5.58. The second-order valence-electron chi connectivity index (χ2n) is 8.37. The van der Waals surface area contributed by atoms with Gasteiger partial charge in [-0.2, -0.15) is 0 Å². The lowest BCUT2D eigenvalue weighted by atomic mass is 10.0. The zero-order valence-electron chi connectivity index (χ0n) is 20.3. The lowest BCUT2D eigenvalue weighted by Gasteiger charge is -2.01. The van der Waals surface area contributed by atoms with Crippen LogP contribution in [0.1, 0.15) is 33.5 Å². The Morgan fingerprint density at radius 2 is 1.45 bits per heavy atom. The second kappa shape index (κ2) is 11.3. The summed E-state index contributed by atoms with van der Waals surface area (Å²) in [5.74, 6) is 0. The third-order valence-electron chi connectivity index (χ3n) is 5.89. The molecule has 0 fully saturated rings. The molecule has 0 atom stereocenters. The summed E-state index contributed by atoms with van der Waals surface area (Å²) in [4.78, 5) is 8.38. The first kappa shape index (κ1) is 24.1. The number of hydrogen-bond donors (Lipinski definition) is 1. The number of benzene rings is 3. The van der Waals surface area contributed by atoms with Gasteiger partial charge in [0.05, 0.1) is 5.52 Å². The van der Waals surface area contributed by atoms with Crippen LogP contribution in [0.4, 0.5) is 0 Å². The molecule has 0 amide bonds. The molecule has 5 rings (SSSR count). The molecule has 0 saturated carbocycles. The fourth-order valence-corrected chi connectivity index (χ4v) is 3.57. The lowest BCUT2D eigenvalue weighted by molar-refractivity contribution is 1.08. The molecule has 0 radical (unpaired) electrons. The van der Waals surface area contributed by atoms with Crippen LogP contribution >= 0.6 is 0 Å². The molecular weight excluding hydrogens is 402 g/mol. The minimum absolute atomic E-state index is 0.615. The van der Waals surface area contributed by atoms with Crippen LogP contribution in [0.25, 0.3) is 21.7 Å². The van der Waals surface area contributed by atoms with E-state index in [0.29, 0.717) is 6.54 Å². The molecule has 168 valence electrons. The zero-order chi connectivity index (χ0) is 23.8. The van der Waals surface area contributed by atoms with E-state index in [-0.39, 0.29) is 0 Å². The van der Waals surface area contributed by atoms with Gasteiger partial charge in [0, 0.05) is 30.0 Å². The SMILES string of the molecule is Cc1ccc2ccc(CN)cc2c1.Cc1cccc2ncccc12.Cc1ccnc(C)c1C. The Hall–Kier alpha value is -3.56. The Balaban J connectivity index is 0.000000142. The van der Waals surface area contributed by atoms with E-state index in [0.717, 1.165) is 11.2 Å². The zero-order valence-corrected chi connectivity index (χ0v) is 20.3. The van der Waals surface area contributed by atoms with Crippen LogP contribution in [0, 0.1) is 34.6 Å². The van der Waals surface area contributed by atoms with Gasteiger partial charge < -0.3 is 5.73 Å². The number of nitrogens with zero attached hydrogens (tertiary/aromatic N) is 2. The van der Waals surface area contributed by atoms with Crippen LogP contribution in [0.3, 0.4) is 0 Å². The number of fused-ring (bicyclic) bond motifs is 2. The Kier molecular flexibility index (Phi) is 8.28. The van der Waals surface area contributed by atoms with E-state index in [1.165, 1.54) is 44.0 Å². The van der Waals surface area contributed by atoms with Gasteiger partial charge in [-0.05, 0) is 91.9 Å². The van der Waals surface area contributed by atoms with Crippen molar-refractivity contribution in [2.75, 3.05) is 0 Å². The first-order valence-corrected chi connectivity index (χ1v) is 11.3. The quantitative estimate of drug-likeness (QED) is 0.304. The van der Waals surface area contributed by atoms with Gasteiger partial charge >= 0.3 is 0 Å². The summed E-state index contributed by atoms with van der Waals surface area (Å²) >= 11 is 0. The Morgan fingerprint density at radius 3 is 2.15 bits per heavy atom. The topological polar surface area (TPSA) is 51.8 Å². The monoisotopic (exact) mass is 435 g/mol. The summed E-state index contributed by atoms with van der Waals surface area (Å²) in [7, 11) is 0.